The highest BCUT2D eigenvalue weighted by molar-refractivity contribution is 7.46. The summed E-state index contributed by atoms with van der Waals surface area (Å²) in [6.07, 6.45) is -1.08. The van der Waals surface area contributed by atoms with E-state index in [2.05, 4.69) is 28.3 Å². The first kappa shape index (κ1) is 18.5. The number of hydrogen-bond acceptors (Lipinski definition) is 4. The Hall–Kier alpha value is -1.47. The van der Waals surface area contributed by atoms with Crippen LogP contribution in [0, 0.1) is 0 Å². The van der Waals surface area contributed by atoms with E-state index in [1.807, 2.05) is 0 Å². The summed E-state index contributed by atoms with van der Waals surface area (Å²) in [6.45, 7) is 9.43. The Morgan fingerprint density at radius 1 is 1.10 bits per heavy atom. The lowest BCUT2D eigenvalue weighted by Crippen LogP contribution is -2.41. The van der Waals surface area contributed by atoms with Gasteiger partial charge in [-0.2, -0.15) is 0 Å². The van der Waals surface area contributed by atoms with Gasteiger partial charge in [0.1, 0.15) is 6.10 Å². The summed E-state index contributed by atoms with van der Waals surface area (Å²) in [5.41, 5.74) is 0.483. The molecule has 0 aromatic heterocycles. The molecule has 9 heteroatoms. The number of nitrogens with one attached hydrogen (secondary N) is 2. The molecule has 0 saturated heterocycles. The van der Waals surface area contributed by atoms with Crippen LogP contribution in [0.3, 0.4) is 0 Å². The van der Waals surface area contributed by atoms with Crippen LogP contribution in [0.2, 0.25) is 0 Å². The van der Waals surface area contributed by atoms with E-state index in [-0.39, 0.29) is 24.2 Å². The maximum Gasteiger partial charge on any atom is 0.469 e. The van der Waals surface area contributed by atoms with Crippen LogP contribution in [-0.2, 0) is 18.7 Å². The lowest BCUT2D eigenvalue weighted by atomic mass is 10.3. The van der Waals surface area contributed by atoms with Crippen LogP contribution in [-0.4, -0.2) is 40.8 Å². The molecule has 20 heavy (non-hydrogen) atoms. The monoisotopic (exact) mass is 306 g/mol. The second-order valence-corrected chi connectivity index (χ2v) is 5.39. The molecule has 4 N–H and O–H groups in total. The van der Waals surface area contributed by atoms with Crippen molar-refractivity contribution in [3.63, 3.8) is 0 Å². The van der Waals surface area contributed by atoms with Gasteiger partial charge in [0.25, 0.3) is 0 Å². The lowest BCUT2D eigenvalue weighted by Gasteiger charge is -2.19. The standard InChI is InChI=1S/C11H19N2O6P/c1-7(2)10(14)12-5-9(19-20(16,17)18)6-13-11(15)8(3)4/h9H,1,3,5-6H2,2,4H3,(H,12,14)(H,13,15)(H2,16,17,18). The highest BCUT2D eigenvalue weighted by Crippen LogP contribution is 2.37. The lowest BCUT2D eigenvalue weighted by molar-refractivity contribution is -0.117. The minimum atomic E-state index is -4.74. The third kappa shape index (κ3) is 8.60. The van der Waals surface area contributed by atoms with Crippen molar-refractivity contribution in [1.29, 1.82) is 0 Å². The topological polar surface area (TPSA) is 125 Å². The van der Waals surface area contributed by atoms with E-state index in [0.717, 1.165) is 0 Å². The summed E-state index contributed by atoms with van der Waals surface area (Å²) in [7, 11) is -4.74. The van der Waals surface area contributed by atoms with Gasteiger partial charge in [-0.05, 0) is 13.8 Å². The number of carbonyl (C=O) groups is 2. The van der Waals surface area contributed by atoms with E-state index in [0.29, 0.717) is 0 Å². The van der Waals surface area contributed by atoms with Gasteiger partial charge >= 0.3 is 7.82 Å². The third-order valence-electron chi connectivity index (χ3n) is 2.04. The molecule has 0 bridgehead atoms. The average molecular weight is 306 g/mol. The maximum atomic E-state index is 11.3. The molecular weight excluding hydrogens is 287 g/mol. The molecule has 0 fully saturated rings. The molecule has 0 aliphatic heterocycles. The van der Waals surface area contributed by atoms with Gasteiger partial charge in [-0.1, -0.05) is 13.2 Å². The Kier molecular flexibility index (Phi) is 7.38. The largest absolute Gasteiger partial charge is 0.469 e. The number of phosphoric acid groups is 1. The Morgan fingerprint density at radius 2 is 1.45 bits per heavy atom. The van der Waals surface area contributed by atoms with E-state index in [4.69, 9.17) is 9.79 Å². The maximum absolute atomic E-state index is 11.3. The number of rotatable bonds is 8. The minimum Gasteiger partial charge on any atom is -0.350 e. The summed E-state index contributed by atoms with van der Waals surface area (Å²) >= 11 is 0. The molecule has 0 rings (SSSR count). The Morgan fingerprint density at radius 3 is 1.70 bits per heavy atom. The summed E-state index contributed by atoms with van der Waals surface area (Å²) in [5, 5.41) is 4.75. The summed E-state index contributed by atoms with van der Waals surface area (Å²) in [4.78, 5) is 40.1. The van der Waals surface area contributed by atoms with E-state index < -0.39 is 25.7 Å². The molecule has 114 valence electrons. The number of phosphoric ester groups is 1. The van der Waals surface area contributed by atoms with Gasteiger partial charge in [0.05, 0.1) is 0 Å². The number of amides is 2. The van der Waals surface area contributed by atoms with Crippen LogP contribution in [0.5, 0.6) is 0 Å². The van der Waals surface area contributed by atoms with Gasteiger partial charge in [-0.25, -0.2) is 4.57 Å². The van der Waals surface area contributed by atoms with E-state index >= 15 is 0 Å². The molecule has 2 amide bonds. The second-order valence-electron chi connectivity index (χ2n) is 4.20. The molecule has 0 aliphatic carbocycles. The quantitative estimate of drug-likeness (QED) is 0.365. The predicted molar refractivity (Wildman–Crippen MR) is 72.6 cm³/mol. The molecule has 0 aromatic rings. The fraction of sp³-hybridized carbons (Fsp3) is 0.455. The molecule has 0 atom stereocenters. The van der Waals surface area contributed by atoms with Gasteiger partial charge < -0.3 is 20.4 Å². The summed E-state index contributed by atoms with van der Waals surface area (Å²) in [6, 6.07) is 0. The van der Waals surface area contributed by atoms with Crippen LogP contribution < -0.4 is 10.6 Å². The Bertz CT molecular complexity index is 426. The molecule has 0 aromatic carbocycles. The van der Waals surface area contributed by atoms with Crippen molar-refractivity contribution < 1.29 is 28.5 Å². The molecule has 0 aliphatic rings. The van der Waals surface area contributed by atoms with Crippen molar-refractivity contribution in [2.75, 3.05) is 13.1 Å². The van der Waals surface area contributed by atoms with Gasteiger partial charge in [0, 0.05) is 24.2 Å². The van der Waals surface area contributed by atoms with Crippen LogP contribution in [0.25, 0.3) is 0 Å². The van der Waals surface area contributed by atoms with Crippen molar-refractivity contribution in [1.82, 2.24) is 10.6 Å². The minimum absolute atomic E-state index is 0.187. The zero-order valence-corrected chi connectivity index (χ0v) is 12.3. The highest BCUT2D eigenvalue weighted by Gasteiger charge is 2.23. The van der Waals surface area contributed by atoms with Crippen molar-refractivity contribution in [2.45, 2.75) is 20.0 Å². The number of carbonyl (C=O) groups excluding carboxylic acids is 2. The van der Waals surface area contributed by atoms with Crippen molar-refractivity contribution >= 4 is 19.6 Å². The summed E-state index contributed by atoms with van der Waals surface area (Å²) in [5.74, 6) is -0.953. The Balaban J connectivity index is 4.53. The highest BCUT2D eigenvalue weighted by atomic mass is 31.2. The predicted octanol–water partition coefficient (Wildman–Crippen LogP) is -0.151. The van der Waals surface area contributed by atoms with Crippen LogP contribution >= 0.6 is 7.82 Å². The van der Waals surface area contributed by atoms with Crippen molar-refractivity contribution in [3.05, 3.63) is 24.3 Å². The normalized spacial score (nSPS) is 11.1. The number of hydrogen-bond donors (Lipinski definition) is 4. The fourth-order valence-electron chi connectivity index (χ4n) is 1.06. The van der Waals surface area contributed by atoms with Crippen LogP contribution in [0.4, 0.5) is 0 Å². The summed E-state index contributed by atoms with van der Waals surface area (Å²) < 4.78 is 15.3. The zero-order valence-electron chi connectivity index (χ0n) is 11.4. The first-order valence-electron chi connectivity index (χ1n) is 5.64. The molecule has 0 spiro atoms. The first-order chi connectivity index (χ1) is 9.03. The van der Waals surface area contributed by atoms with Crippen molar-refractivity contribution in [3.8, 4) is 0 Å². The zero-order chi connectivity index (χ0) is 15.9. The van der Waals surface area contributed by atoms with Gasteiger partial charge in [0.15, 0.2) is 0 Å². The van der Waals surface area contributed by atoms with Gasteiger partial charge in [-0.3, -0.25) is 14.1 Å². The molecule has 0 radical (unpaired) electrons. The molecule has 0 heterocycles. The van der Waals surface area contributed by atoms with Gasteiger partial charge in [-0.15, -0.1) is 0 Å². The fourth-order valence-corrected chi connectivity index (χ4v) is 1.59. The third-order valence-corrected chi connectivity index (χ3v) is 2.61. The molecule has 8 nitrogen and oxygen atoms in total. The van der Waals surface area contributed by atoms with Crippen LogP contribution in [0.1, 0.15) is 13.8 Å². The molecule has 0 unspecified atom stereocenters. The molecule has 0 saturated carbocycles. The first-order valence-corrected chi connectivity index (χ1v) is 7.17. The average Bonchev–Trinajstić information content (AvgIpc) is 2.29. The van der Waals surface area contributed by atoms with Crippen LogP contribution in [0.15, 0.2) is 24.3 Å². The Labute approximate surface area is 117 Å². The smallest absolute Gasteiger partial charge is 0.350 e. The van der Waals surface area contributed by atoms with Gasteiger partial charge in [0.2, 0.25) is 11.8 Å². The molecular formula is C11H19N2O6P. The second kappa shape index (κ2) is 7.96. The van der Waals surface area contributed by atoms with E-state index in [9.17, 15) is 14.2 Å². The van der Waals surface area contributed by atoms with Crippen molar-refractivity contribution in [2.24, 2.45) is 0 Å². The van der Waals surface area contributed by atoms with E-state index in [1.165, 1.54) is 13.8 Å². The van der Waals surface area contributed by atoms with E-state index in [1.54, 1.807) is 0 Å². The SMILES string of the molecule is C=C(C)C(=O)NCC(CNC(=O)C(=C)C)OP(=O)(O)O.